The molecule has 3 nitrogen and oxygen atoms in total. The highest BCUT2D eigenvalue weighted by atomic mass is 16.5. The van der Waals surface area contributed by atoms with E-state index in [0.29, 0.717) is 12.2 Å². The zero-order valence-corrected chi connectivity index (χ0v) is 13.2. The molecule has 0 radical (unpaired) electrons. The summed E-state index contributed by atoms with van der Waals surface area (Å²) in [5.41, 5.74) is 2.75. The van der Waals surface area contributed by atoms with E-state index in [1.165, 1.54) is 12.7 Å². The number of hydrogen-bond acceptors (Lipinski definition) is 3. The average molecular weight is 306 g/mol. The van der Waals surface area contributed by atoms with Gasteiger partial charge in [0, 0.05) is 5.39 Å². The van der Waals surface area contributed by atoms with E-state index in [1.54, 1.807) is 12.1 Å². The van der Waals surface area contributed by atoms with Crippen LogP contribution in [0.3, 0.4) is 0 Å². The second-order valence-corrected chi connectivity index (χ2v) is 5.46. The van der Waals surface area contributed by atoms with E-state index in [-0.39, 0.29) is 5.97 Å². The first-order valence-corrected chi connectivity index (χ1v) is 7.47. The Labute approximate surface area is 135 Å². The van der Waals surface area contributed by atoms with Gasteiger partial charge in [-0.3, -0.25) is 0 Å². The van der Waals surface area contributed by atoms with E-state index in [9.17, 15) is 4.79 Å². The Hall–Kier alpha value is -2.81. The maximum absolute atomic E-state index is 11.4. The van der Waals surface area contributed by atoms with Crippen LogP contribution in [0.2, 0.25) is 0 Å². The summed E-state index contributed by atoms with van der Waals surface area (Å²) in [7, 11) is 1.38. The van der Waals surface area contributed by atoms with Crippen molar-refractivity contribution in [2.75, 3.05) is 7.11 Å². The van der Waals surface area contributed by atoms with Gasteiger partial charge in [0.05, 0.1) is 12.7 Å². The van der Waals surface area contributed by atoms with Crippen molar-refractivity contribution in [2.45, 2.75) is 13.5 Å². The van der Waals surface area contributed by atoms with Crippen molar-refractivity contribution in [2.24, 2.45) is 0 Å². The molecule has 0 aromatic heterocycles. The predicted octanol–water partition coefficient (Wildman–Crippen LogP) is 4.51. The van der Waals surface area contributed by atoms with E-state index < -0.39 is 0 Å². The zero-order valence-electron chi connectivity index (χ0n) is 13.2. The molecule has 0 aliphatic rings. The Bertz CT molecular complexity index is 835. The van der Waals surface area contributed by atoms with Crippen LogP contribution in [0.4, 0.5) is 0 Å². The number of methoxy groups -OCH3 is 1. The van der Waals surface area contributed by atoms with Gasteiger partial charge in [-0.15, -0.1) is 0 Å². The normalized spacial score (nSPS) is 10.5. The zero-order chi connectivity index (χ0) is 16.2. The number of hydrogen-bond donors (Lipinski definition) is 0. The highest BCUT2D eigenvalue weighted by Crippen LogP contribution is 2.27. The van der Waals surface area contributed by atoms with Crippen LogP contribution in [-0.4, -0.2) is 13.1 Å². The van der Waals surface area contributed by atoms with Crippen LogP contribution < -0.4 is 4.74 Å². The summed E-state index contributed by atoms with van der Waals surface area (Å²) in [6.07, 6.45) is 0. The van der Waals surface area contributed by atoms with Gasteiger partial charge in [-0.05, 0) is 42.1 Å². The molecule has 0 bridgehead atoms. The highest BCUT2D eigenvalue weighted by Gasteiger charge is 2.06. The lowest BCUT2D eigenvalue weighted by Gasteiger charge is -2.10. The second-order valence-electron chi connectivity index (χ2n) is 5.46. The summed E-state index contributed by atoms with van der Waals surface area (Å²) in [6.45, 7) is 2.52. The molecule has 0 spiro atoms. The van der Waals surface area contributed by atoms with Crippen LogP contribution in [0.1, 0.15) is 21.5 Å². The fraction of sp³-hybridized carbons (Fsp3) is 0.150. The summed E-state index contributed by atoms with van der Waals surface area (Å²) >= 11 is 0. The number of rotatable bonds is 4. The Kier molecular flexibility index (Phi) is 4.29. The minimum absolute atomic E-state index is 0.331. The number of ether oxygens (including phenoxy) is 2. The average Bonchev–Trinajstić information content (AvgIpc) is 2.59. The van der Waals surface area contributed by atoms with Crippen LogP contribution in [0.15, 0.2) is 60.7 Å². The molecule has 3 aromatic carbocycles. The summed E-state index contributed by atoms with van der Waals surface area (Å²) in [4.78, 5) is 11.4. The second kappa shape index (κ2) is 6.53. The summed E-state index contributed by atoms with van der Waals surface area (Å²) in [5, 5.41) is 2.27. The number of fused-ring (bicyclic) bond motifs is 1. The largest absolute Gasteiger partial charge is 0.488 e. The van der Waals surface area contributed by atoms with Crippen molar-refractivity contribution < 1.29 is 14.3 Å². The highest BCUT2D eigenvalue weighted by molar-refractivity contribution is 5.89. The topological polar surface area (TPSA) is 35.5 Å². The van der Waals surface area contributed by atoms with Crippen molar-refractivity contribution in [3.8, 4) is 5.75 Å². The summed E-state index contributed by atoms with van der Waals surface area (Å²) < 4.78 is 10.7. The van der Waals surface area contributed by atoms with E-state index in [1.807, 2.05) is 24.3 Å². The third kappa shape index (κ3) is 3.34. The van der Waals surface area contributed by atoms with Gasteiger partial charge >= 0.3 is 5.97 Å². The number of carbonyl (C=O) groups excluding carboxylic acids is 1. The Morgan fingerprint density at radius 1 is 1.00 bits per heavy atom. The summed E-state index contributed by atoms with van der Waals surface area (Å²) in [5.74, 6) is 0.533. The molecule has 0 atom stereocenters. The fourth-order valence-electron chi connectivity index (χ4n) is 2.50. The lowest BCUT2D eigenvalue weighted by atomic mass is 10.1. The molecule has 3 heteroatoms. The van der Waals surface area contributed by atoms with Gasteiger partial charge in [0.2, 0.25) is 0 Å². The molecule has 3 aromatic rings. The monoisotopic (exact) mass is 306 g/mol. The fourth-order valence-corrected chi connectivity index (χ4v) is 2.50. The van der Waals surface area contributed by atoms with Gasteiger partial charge in [-0.1, -0.05) is 42.0 Å². The lowest BCUT2D eigenvalue weighted by Crippen LogP contribution is -2.02. The van der Waals surface area contributed by atoms with Crippen molar-refractivity contribution >= 4 is 16.7 Å². The molecule has 0 saturated carbocycles. The Morgan fingerprint density at radius 2 is 1.78 bits per heavy atom. The molecule has 0 heterocycles. The van der Waals surface area contributed by atoms with Gasteiger partial charge in [0.1, 0.15) is 12.4 Å². The Balaban J connectivity index is 1.78. The van der Waals surface area contributed by atoms with Gasteiger partial charge in [-0.25, -0.2) is 4.79 Å². The van der Waals surface area contributed by atoms with Crippen molar-refractivity contribution in [3.63, 3.8) is 0 Å². The smallest absolute Gasteiger partial charge is 0.337 e. The molecule has 0 aliphatic heterocycles. The minimum Gasteiger partial charge on any atom is -0.488 e. The van der Waals surface area contributed by atoms with Crippen LogP contribution in [0, 0.1) is 6.92 Å². The quantitative estimate of drug-likeness (QED) is 0.665. The van der Waals surface area contributed by atoms with Crippen molar-refractivity contribution in [1.29, 1.82) is 0 Å². The molecule has 23 heavy (non-hydrogen) atoms. The van der Waals surface area contributed by atoms with Crippen LogP contribution in [-0.2, 0) is 11.3 Å². The minimum atomic E-state index is -0.331. The summed E-state index contributed by atoms with van der Waals surface area (Å²) in [6, 6.07) is 19.6. The third-order valence-corrected chi connectivity index (χ3v) is 3.77. The lowest BCUT2D eigenvalue weighted by molar-refractivity contribution is 0.0600. The number of esters is 1. The van der Waals surface area contributed by atoms with Crippen molar-refractivity contribution in [1.82, 2.24) is 0 Å². The first-order valence-electron chi connectivity index (χ1n) is 7.47. The number of benzene rings is 3. The first kappa shape index (κ1) is 15.1. The van der Waals surface area contributed by atoms with Gasteiger partial charge in [0.25, 0.3) is 0 Å². The van der Waals surface area contributed by atoms with Crippen LogP contribution in [0.25, 0.3) is 10.8 Å². The van der Waals surface area contributed by atoms with E-state index in [2.05, 4.69) is 31.2 Å². The van der Waals surface area contributed by atoms with E-state index in [4.69, 9.17) is 9.47 Å². The van der Waals surface area contributed by atoms with Crippen molar-refractivity contribution in [3.05, 3.63) is 77.4 Å². The van der Waals surface area contributed by atoms with Gasteiger partial charge < -0.3 is 9.47 Å². The molecule has 0 saturated heterocycles. The molecule has 116 valence electrons. The van der Waals surface area contributed by atoms with Crippen LogP contribution in [0.5, 0.6) is 5.75 Å². The molecular weight excluding hydrogens is 288 g/mol. The standard InChI is InChI=1S/C20H18O3/c1-14-6-9-16-4-3-5-19(18(16)12-14)23-13-15-7-10-17(11-8-15)20(21)22-2/h3-12H,13H2,1-2H3. The molecule has 0 fully saturated rings. The van der Waals surface area contributed by atoms with E-state index >= 15 is 0 Å². The van der Waals surface area contributed by atoms with Gasteiger partial charge in [-0.2, -0.15) is 0 Å². The Morgan fingerprint density at radius 3 is 2.52 bits per heavy atom. The number of carbonyl (C=O) groups is 1. The molecule has 0 N–H and O–H groups in total. The molecule has 0 aliphatic carbocycles. The first-order chi connectivity index (χ1) is 11.2. The molecule has 0 unspecified atom stereocenters. The van der Waals surface area contributed by atoms with E-state index in [0.717, 1.165) is 22.1 Å². The number of aryl methyl sites for hydroxylation is 1. The predicted molar refractivity (Wildman–Crippen MR) is 90.8 cm³/mol. The maximum atomic E-state index is 11.4. The maximum Gasteiger partial charge on any atom is 0.337 e. The molecular formula is C20H18O3. The SMILES string of the molecule is COC(=O)c1ccc(COc2cccc3ccc(C)cc23)cc1. The molecule has 3 rings (SSSR count). The third-order valence-electron chi connectivity index (χ3n) is 3.77. The van der Waals surface area contributed by atoms with Gasteiger partial charge in [0.15, 0.2) is 0 Å². The van der Waals surface area contributed by atoms with Crippen LogP contribution >= 0.6 is 0 Å². The molecule has 0 amide bonds.